The van der Waals surface area contributed by atoms with Gasteiger partial charge in [-0.05, 0) is 12.5 Å². The summed E-state index contributed by atoms with van der Waals surface area (Å²) in [4.78, 5) is 39.9. The van der Waals surface area contributed by atoms with Crippen LogP contribution in [-0.2, 0) is 4.79 Å². The number of carboxylic acid groups (broad SMARTS) is 1. The highest BCUT2D eigenvalue weighted by Crippen LogP contribution is 2.24. The molecular formula is C16H15FN4O4. The van der Waals surface area contributed by atoms with Crippen molar-refractivity contribution < 1.29 is 19.1 Å². The topological polar surface area (TPSA) is 105 Å². The molecule has 2 aromatic heterocycles. The number of nitrogens with one attached hydrogen (secondary N) is 1. The molecule has 1 aliphatic heterocycles. The van der Waals surface area contributed by atoms with Gasteiger partial charge in [0.05, 0.1) is 5.39 Å². The number of carboxylic acids is 1. The molecule has 1 saturated heterocycles. The fourth-order valence-corrected chi connectivity index (χ4v) is 2.94. The third-order valence-corrected chi connectivity index (χ3v) is 4.16. The first-order valence-corrected chi connectivity index (χ1v) is 7.52. The Hall–Kier alpha value is -3.23. The molecule has 0 spiro atoms. The molecule has 3 rings (SSSR count). The van der Waals surface area contributed by atoms with Crippen molar-refractivity contribution in [1.29, 1.82) is 0 Å². The summed E-state index contributed by atoms with van der Waals surface area (Å²) in [5, 5.41) is 11.6. The third kappa shape index (κ3) is 2.84. The normalized spacial score (nSPS) is 16.8. The number of pyridine rings is 2. The number of halogens is 1. The second kappa shape index (κ2) is 6.34. The van der Waals surface area contributed by atoms with Crippen LogP contribution >= 0.6 is 0 Å². The molecule has 2 aromatic rings. The maximum absolute atomic E-state index is 14.5. The van der Waals surface area contributed by atoms with Crippen LogP contribution in [0.2, 0.25) is 0 Å². The highest BCUT2D eigenvalue weighted by molar-refractivity contribution is 5.92. The molecular weight excluding hydrogens is 331 g/mol. The number of anilines is 1. The minimum atomic E-state index is -1.41. The minimum Gasteiger partial charge on any atom is -0.477 e. The molecule has 0 aliphatic carbocycles. The lowest BCUT2D eigenvalue weighted by Gasteiger charge is -2.19. The zero-order valence-electron chi connectivity index (χ0n) is 13.1. The quantitative estimate of drug-likeness (QED) is 0.771. The number of carbonyl (C=O) groups is 2. The van der Waals surface area contributed by atoms with Gasteiger partial charge in [-0.25, -0.2) is 14.2 Å². The van der Waals surface area contributed by atoms with Crippen LogP contribution in [0.3, 0.4) is 0 Å². The fraction of sp³-hybridized carbons (Fsp3) is 0.250. The number of aromatic nitrogens is 2. The van der Waals surface area contributed by atoms with Crippen molar-refractivity contribution >= 4 is 35.4 Å². The second-order valence-electron chi connectivity index (χ2n) is 5.65. The van der Waals surface area contributed by atoms with E-state index >= 15 is 0 Å². The monoisotopic (exact) mass is 346 g/mol. The molecule has 1 atom stereocenters. The van der Waals surface area contributed by atoms with Gasteiger partial charge in [0.15, 0.2) is 17.3 Å². The predicted octanol–water partition coefficient (Wildman–Crippen LogP) is 0.659. The number of amides is 1. The smallest absolute Gasteiger partial charge is 0.341 e. The van der Waals surface area contributed by atoms with Crippen LogP contribution in [0.5, 0.6) is 0 Å². The van der Waals surface area contributed by atoms with Gasteiger partial charge in [-0.1, -0.05) is 6.58 Å². The van der Waals surface area contributed by atoms with E-state index in [4.69, 9.17) is 5.11 Å². The molecule has 0 saturated carbocycles. The summed E-state index contributed by atoms with van der Waals surface area (Å²) in [6, 6.07) is 0.887. The van der Waals surface area contributed by atoms with Gasteiger partial charge < -0.3 is 19.9 Å². The molecule has 1 aliphatic rings. The summed E-state index contributed by atoms with van der Waals surface area (Å²) < 4.78 is 15.8. The predicted molar refractivity (Wildman–Crippen MR) is 89.1 cm³/mol. The fourth-order valence-electron chi connectivity index (χ4n) is 2.94. The lowest BCUT2D eigenvalue weighted by atomic mass is 10.2. The van der Waals surface area contributed by atoms with Crippen molar-refractivity contribution in [3.63, 3.8) is 0 Å². The van der Waals surface area contributed by atoms with Crippen molar-refractivity contribution in [2.75, 3.05) is 18.0 Å². The number of hydrogen-bond acceptors (Lipinski definition) is 5. The Labute approximate surface area is 141 Å². The van der Waals surface area contributed by atoms with E-state index in [1.807, 2.05) is 0 Å². The Kier molecular flexibility index (Phi) is 4.22. The largest absolute Gasteiger partial charge is 0.477 e. The maximum Gasteiger partial charge on any atom is 0.341 e. The molecule has 130 valence electrons. The van der Waals surface area contributed by atoms with Crippen LogP contribution in [0.15, 0.2) is 23.6 Å². The van der Waals surface area contributed by atoms with Gasteiger partial charge in [0.2, 0.25) is 11.8 Å². The van der Waals surface area contributed by atoms with Gasteiger partial charge >= 0.3 is 5.97 Å². The van der Waals surface area contributed by atoms with E-state index in [1.165, 1.54) is 10.8 Å². The van der Waals surface area contributed by atoms with Crippen molar-refractivity contribution in [3.05, 3.63) is 40.4 Å². The Bertz CT molecular complexity index is 940. The van der Waals surface area contributed by atoms with E-state index in [9.17, 15) is 18.8 Å². The van der Waals surface area contributed by atoms with Crippen LogP contribution < -0.4 is 15.6 Å². The van der Waals surface area contributed by atoms with E-state index < -0.39 is 22.8 Å². The summed E-state index contributed by atoms with van der Waals surface area (Å²) in [5.74, 6) is -2.09. The second-order valence-corrected chi connectivity index (χ2v) is 5.65. The van der Waals surface area contributed by atoms with Gasteiger partial charge in [-0.2, -0.15) is 0 Å². The standard InChI is InChI=1S/C16H15FN4O4/c1-2-20-7-11(16(24)25)13(23)10-5-12(17)15(19-14(10)20)21-4-3-9(6-21)18-8-22/h2,5,7-9H,1,3-4,6H2,(H,18,22)(H,24,25). The number of nitrogens with zero attached hydrogens (tertiary/aromatic N) is 3. The van der Waals surface area contributed by atoms with Crippen molar-refractivity contribution in [1.82, 2.24) is 14.9 Å². The van der Waals surface area contributed by atoms with Gasteiger partial charge in [0.25, 0.3) is 0 Å². The van der Waals surface area contributed by atoms with E-state index in [-0.39, 0.29) is 22.9 Å². The first-order valence-electron chi connectivity index (χ1n) is 7.52. The number of fused-ring (bicyclic) bond motifs is 1. The van der Waals surface area contributed by atoms with Crippen molar-refractivity contribution in [2.45, 2.75) is 12.5 Å². The molecule has 25 heavy (non-hydrogen) atoms. The lowest BCUT2D eigenvalue weighted by molar-refractivity contribution is -0.110. The zero-order valence-corrected chi connectivity index (χ0v) is 13.1. The first-order chi connectivity index (χ1) is 12.0. The number of aromatic carboxylic acids is 1. The summed E-state index contributed by atoms with van der Waals surface area (Å²) in [7, 11) is 0. The van der Waals surface area contributed by atoms with Crippen LogP contribution in [0.1, 0.15) is 16.8 Å². The van der Waals surface area contributed by atoms with E-state index in [1.54, 1.807) is 4.90 Å². The third-order valence-electron chi connectivity index (χ3n) is 4.16. The van der Waals surface area contributed by atoms with Crippen molar-refractivity contribution in [2.24, 2.45) is 0 Å². The molecule has 1 fully saturated rings. The van der Waals surface area contributed by atoms with Crippen LogP contribution in [-0.4, -0.2) is 46.2 Å². The highest BCUT2D eigenvalue weighted by Gasteiger charge is 2.26. The van der Waals surface area contributed by atoms with Gasteiger partial charge in [0.1, 0.15) is 5.56 Å². The highest BCUT2D eigenvalue weighted by atomic mass is 19.1. The Morgan fingerprint density at radius 3 is 2.92 bits per heavy atom. The molecule has 8 nitrogen and oxygen atoms in total. The van der Waals surface area contributed by atoms with Gasteiger partial charge in [-0.15, -0.1) is 0 Å². The minimum absolute atomic E-state index is 0.0424. The van der Waals surface area contributed by atoms with Crippen molar-refractivity contribution in [3.8, 4) is 0 Å². The SMILES string of the molecule is C=Cn1cc(C(=O)O)c(=O)c2cc(F)c(N3CCC(NC=O)C3)nc21. The molecule has 2 N–H and O–H groups in total. The first kappa shape index (κ1) is 16.6. The van der Waals surface area contributed by atoms with Crippen LogP contribution in [0, 0.1) is 5.82 Å². The van der Waals surface area contributed by atoms with Crippen LogP contribution in [0.4, 0.5) is 10.2 Å². The van der Waals surface area contributed by atoms with E-state index in [0.717, 1.165) is 12.3 Å². The molecule has 1 unspecified atom stereocenters. The molecule has 1 amide bonds. The summed E-state index contributed by atoms with van der Waals surface area (Å²) in [6.45, 7) is 4.45. The summed E-state index contributed by atoms with van der Waals surface area (Å²) >= 11 is 0. The number of carbonyl (C=O) groups excluding carboxylic acids is 1. The molecule has 9 heteroatoms. The Balaban J connectivity index is 2.15. The molecule has 0 radical (unpaired) electrons. The van der Waals surface area contributed by atoms with Crippen LogP contribution in [0.25, 0.3) is 17.2 Å². The lowest BCUT2D eigenvalue weighted by Crippen LogP contribution is -2.32. The Morgan fingerprint density at radius 2 is 2.28 bits per heavy atom. The average Bonchev–Trinajstić information content (AvgIpc) is 3.03. The Morgan fingerprint density at radius 1 is 1.52 bits per heavy atom. The number of hydrogen-bond donors (Lipinski definition) is 2. The average molecular weight is 346 g/mol. The summed E-state index contributed by atoms with van der Waals surface area (Å²) in [6.07, 6.45) is 3.64. The van der Waals surface area contributed by atoms with Gasteiger partial charge in [0, 0.05) is 31.5 Å². The van der Waals surface area contributed by atoms with Gasteiger partial charge in [-0.3, -0.25) is 9.59 Å². The molecule has 3 heterocycles. The summed E-state index contributed by atoms with van der Waals surface area (Å²) in [5.41, 5.74) is -1.17. The molecule has 0 aromatic carbocycles. The number of rotatable bonds is 5. The van der Waals surface area contributed by atoms with E-state index in [2.05, 4.69) is 16.9 Å². The molecule has 0 bridgehead atoms. The maximum atomic E-state index is 14.5. The van der Waals surface area contributed by atoms with E-state index in [0.29, 0.717) is 25.9 Å². The zero-order chi connectivity index (χ0) is 18.1.